The summed E-state index contributed by atoms with van der Waals surface area (Å²) in [6, 6.07) is 21.2. The van der Waals surface area contributed by atoms with Crippen molar-refractivity contribution in [2.24, 2.45) is 11.3 Å². The number of unbranched alkanes of at least 4 members (excludes halogenated alkanes) is 4. The molecule has 0 aliphatic heterocycles. The summed E-state index contributed by atoms with van der Waals surface area (Å²) < 4.78 is 10.2. The van der Waals surface area contributed by atoms with Gasteiger partial charge in [-0.1, -0.05) is 99.0 Å². The molecule has 5 nitrogen and oxygen atoms in total. The number of hydrogen-bond donors (Lipinski definition) is 1. The van der Waals surface area contributed by atoms with Crippen LogP contribution >= 0.6 is 0 Å². The van der Waals surface area contributed by atoms with Crippen LogP contribution in [0.4, 0.5) is 0 Å². The zero-order valence-electron chi connectivity index (χ0n) is 24.5. The summed E-state index contributed by atoms with van der Waals surface area (Å²) in [5.74, 6) is -0.459. The molecule has 0 heterocycles. The molecule has 2 aliphatic carbocycles. The molecule has 1 saturated carbocycles. The molecule has 41 heavy (non-hydrogen) atoms. The molecular formula is C36H45O5. The molecule has 2 aromatic rings. The minimum absolute atomic E-state index is 0.00267. The molecule has 2 aliphatic rings. The fourth-order valence-electron chi connectivity index (χ4n) is 6.81. The van der Waals surface area contributed by atoms with E-state index in [-0.39, 0.29) is 42.4 Å². The molecule has 219 valence electrons. The van der Waals surface area contributed by atoms with Crippen molar-refractivity contribution in [3.05, 3.63) is 90.9 Å². The van der Waals surface area contributed by atoms with E-state index in [0.29, 0.717) is 6.42 Å². The number of benzene rings is 2. The van der Waals surface area contributed by atoms with E-state index in [1.54, 1.807) is 6.92 Å². The lowest BCUT2D eigenvalue weighted by molar-refractivity contribution is -0.156. The number of carbonyl (C=O) groups is 2. The van der Waals surface area contributed by atoms with Gasteiger partial charge in [0.25, 0.3) is 0 Å². The zero-order chi connectivity index (χ0) is 29.2. The molecule has 0 amide bonds. The Morgan fingerprint density at radius 3 is 2.34 bits per heavy atom. The van der Waals surface area contributed by atoms with Crippen molar-refractivity contribution in [2.45, 2.75) is 89.8 Å². The molecule has 0 spiro atoms. The maximum Gasteiger partial charge on any atom is 0.305 e. The Kier molecular flexibility index (Phi) is 11.0. The molecule has 2 aromatic carbocycles. The second-order valence-electron chi connectivity index (χ2n) is 11.5. The zero-order valence-corrected chi connectivity index (χ0v) is 24.5. The van der Waals surface area contributed by atoms with E-state index < -0.39 is 6.10 Å². The Balaban J connectivity index is 1.33. The number of rotatable bonds is 15. The Bertz CT molecular complexity index is 1200. The number of aliphatic hydroxyl groups is 1. The Hall–Kier alpha value is -3.18. The summed E-state index contributed by atoms with van der Waals surface area (Å²) in [5, 5.41) is 11.1. The highest BCUT2D eigenvalue weighted by Gasteiger charge is 2.56. The smallest absolute Gasteiger partial charge is 0.305 e. The molecule has 3 unspecified atom stereocenters. The van der Waals surface area contributed by atoms with Gasteiger partial charge in [0, 0.05) is 24.2 Å². The van der Waals surface area contributed by atoms with Crippen molar-refractivity contribution < 1.29 is 24.2 Å². The monoisotopic (exact) mass is 557 g/mol. The molecule has 0 aromatic heterocycles. The fourth-order valence-corrected chi connectivity index (χ4v) is 6.81. The second-order valence-corrected chi connectivity index (χ2v) is 11.5. The molecule has 5 heteroatoms. The van der Waals surface area contributed by atoms with Crippen LogP contribution in [0.15, 0.2) is 72.8 Å². The fraction of sp³-hybridized carbons (Fsp3) is 0.472. The van der Waals surface area contributed by atoms with Crippen LogP contribution in [-0.4, -0.2) is 35.9 Å². The maximum atomic E-state index is 12.0. The van der Waals surface area contributed by atoms with E-state index in [2.05, 4.69) is 68.1 Å². The van der Waals surface area contributed by atoms with E-state index in [4.69, 9.17) is 9.47 Å². The Morgan fingerprint density at radius 2 is 1.63 bits per heavy atom. The topological polar surface area (TPSA) is 72.8 Å². The summed E-state index contributed by atoms with van der Waals surface area (Å²) in [4.78, 5) is 23.3. The number of ether oxygens (including phenoxy) is 2. The van der Waals surface area contributed by atoms with Crippen molar-refractivity contribution in [1.82, 2.24) is 0 Å². The second kappa shape index (κ2) is 14.6. The van der Waals surface area contributed by atoms with Gasteiger partial charge in [0.2, 0.25) is 0 Å². The van der Waals surface area contributed by atoms with Crippen LogP contribution in [0.1, 0.15) is 88.7 Å². The quantitative estimate of drug-likeness (QED) is 0.179. The average molecular weight is 558 g/mol. The Labute approximate surface area is 245 Å². The summed E-state index contributed by atoms with van der Waals surface area (Å²) in [6.45, 7) is 10.1. The molecule has 4 atom stereocenters. The van der Waals surface area contributed by atoms with E-state index in [1.165, 1.54) is 16.7 Å². The van der Waals surface area contributed by atoms with Gasteiger partial charge in [-0.2, -0.15) is 0 Å². The van der Waals surface area contributed by atoms with Crippen molar-refractivity contribution >= 4 is 23.1 Å². The highest BCUT2D eigenvalue weighted by atomic mass is 16.6. The first-order valence-corrected chi connectivity index (χ1v) is 15.3. The van der Waals surface area contributed by atoms with E-state index in [0.717, 1.165) is 68.9 Å². The number of fused-ring (bicyclic) bond motifs is 1. The normalized spacial score (nSPS) is 22.3. The molecule has 0 bridgehead atoms. The van der Waals surface area contributed by atoms with Gasteiger partial charge in [0.1, 0.15) is 12.7 Å². The standard InChI is InChI=1S/C36H45O5/c1-4-33(38)41-26(2)25-40-34(39)21-15-7-5-6-10-20-30-24-31-32(37)22-23-36(31,27(3)28-16-11-8-12-17-28)35(30)29-18-13-9-14-19-29/h8-9,11-14,16-19,26,31-32,37H,2-7,10,15,20-25H2,1H3/t26-,31?,32?,36?/m1/s1. The van der Waals surface area contributed by atoms with Crippen molar-refractivity contribution in [1.29, 1.82) is 0 Å². The first-order valence-electron chi connectivity index (χ1n) is 15.3. The van der Waals surface area contributed by atoms with E-state index in [1.807, 2.05) is 6.07 Å². The molecule has 0 saturated heterocycles. The van der Waals surface area contributed by atoms with Crippen LogP contribution in [0, 0.1) is 18.3 Å². The predicted molar refractivity (Wildman–Crippen MR) is 163 cm³/mol. The first-order chi connectivity index (χ1) is 19.9. The summed E-state index contributed by atoms with van der Waals surface area (Å²) in [6.07, 6.45) is 8.30. The van der Waals surface area contributed by atoms with Crippen LogP contribution in [0.25, 0.3) is 11.1 Å². The van der Waals surface area contributed by atoms with Crippen LogP contribution in [-0.2, 0) is 19.1 Å². The maximum absolute atomic E-state index is 12.0. The SMILES string of the molecule is [CH2][C@H](COC(=O)CCCCCCCC1=C(c2ccccc2)C2(C(=C)c3ccccc3)CCC(O)C2C1)OC(=O)CC. The van der Waals surface area contributed by atoms with Crippen LogP contribution in [0.5, 0.6) is 0 Å². The minimum Gasteiger partial charge on any atom is -0.462 e. The lowest BCUT2D eigenvalue weighted by atomic mass is 9.66. The van der Waals surface area contributed by atoms with Crippen molar-refractivity contribution in [3.63, 3.8) is 0 Å². The third kappa shape index (κ3) is 7.37. The first kappa shape index (κ1) is 30.8. The predicted octanol–water partition coefficient (Wildman–Crippen LogP) is 7.74. The number of carbonyl (C=O) groups excluding carboxylic acids is 2. The van der Waals surface area contributed by atoms with Gasteiger partial charge in [-0.25, -0.2) is 0 Å². The van der Waals surface area contributed by atoms with Gasteiger partial charge in [0.15, 0.2) is 0 Å². The third-order valence-corrected chi connectivity index (χ3v) is 8.80. The van der Waals surface area contributed by atoms with Crippen molar-refractivity contribution in [3.8, 4) is 0 Å². The summed E-state index contributed by atoms with van der Waals surface area (Å²) in [5.41, 5.74) is 6.17. The molecule has 4 rings (SSSR count). The summed E-state index contributed by atoms with van der Waals surface area (Å²) >= 11 is 0. The molecule has 1 radical (unpaired) electrons. The number of esters is 2. The van der Waals surface area contributed by atoms with Gasteiger partial charge < -0.3 is 14.6 Å². The molecule has 1 fully saturated rings. The lowest BCUT2D eigenvalue weighted by Gasteiger charge is -2.37. The van der Waals surface area contributed by atoms with Gasteiger partial charge in [-0.15, -0.1) is 0 Å². The lowest BCUT2D eigenvalue weighted by Crippen LogP contribution is -2.29. The number of allylic oxidation sites excluding steroid dienone is 3. The average Bonchev–Trinajstić information content (AvgIpc) is 3.50. The van der Waals surface area contributed by atoms with Gasteiger partial charge in [-0.05, 0) is 67.7 Å². The van der Waals surface area contributed by atoms with E-state index >= 15 is 0 Å². The summed E-state index contributed by atoms with van der Waals surface area (Å²) in [7, 11) is 0. The van der Waals surface area contributed by atoms with Gasteiger partial charge in [-0.3, -0.25) is 9.59 Å². The largest absolute Gasteiger partial charge is 0.462 e. The van der Waals surface area contributed by atoms with Gasteiger partial charge in [0.05, 0.1) is 6.10 Å². The van der Waals surface area contributed by atoms with Crippen LogP contribution in [0.3, 0.4) is 0 Å². The minimum atomic E-state index is -0.665. The number of hydrogen-bond acceptors (Lipinski definition) is 5. The number of aliphatic hydroxyl groups excluding tert-OH is 1. The van der Waals surface area contributed by atoms with Gasteiger partial charge >= 0.3 is 11.9 Å². The molecule has 1 N–H and O–H groups in total. The van der Waals surface area contributed by atoms with Crippen molar-refractivity contribution in [2.75, 3.05) is 6.61 Å². The molecular weight excluding hydrogens is 512 g/mol. The highest BCUT2D eigenvalue weighted by Crippen LogP contribution is 2.66. The van der Waals surface area contributed by atoms with Crippen LogP contribution < -0.4 is 0 Å². The van der Waals surface area contributed by atoms with Crippen LogP contribution in [0.2, 0.25) is 0 Å². The van der Waals surface area contributed by atoms with E-state index in [9.17, 15) is 14.7 Å². The third-order valence-electron chi connectivity index (χ3n) is 8.80. The Morgan fingerprint density at radius 1 is 0.976 bits per heavy atom. The highest BCUT2D eigenvalue weighted by molar-refractivity contribution is 5.90.